The van der Waals surface area contributed by atoms with Crippen molar-refractivity contribution >= 4 is 12.4 Å². The summed E-state index contributed by atoms with van der Waals surface area (Å²) >= 11 is 0. The largest absolute Gasteiger partial charge is 0.313 e. The van der Waals surface area contributed by atoms with Crippen molar-refractivity contribution in [1.82, 2.24) is 5.32 Å². The van der Waals surface area contributed by atoms with E-state index in [2.05, 4.69) is 18.3 Å². The van der Waals surface area contributed by atoms with Gasteiger partial charge in [0, 0.05) is 12.6 Å². The molecule has 0 bridgehead atoms. The van der Waals surface area contributed by atoms with Gasteiger partial charge >= 0.3 is 0 Å². The minimum Gasteiger partial charge on any atom is -0.313 e. The summed E-state index contributed by atoms with van der Waals surface area (Å²) in [7, 11) is 0. The number of nitrogens with zero attached hydrogens (tertiary/aromatic N) is 1. The molecule has 0 aliphatic carbocycles. The molecule has 1 aliphatic rings. The molecule has 1 N–H and O–H groups in total. The number of nitrogens with one attached hydrogen (secondary N) is 1. The van der Waals surface area contributed by atoms with E-state index < -0.39 is 0 Å². The smallest absolute Gasteiger partial charge is 0.0669 e. The summed E-state index contributed by atoms with van der Waals surface area (Å²) in [5.41, 5.74) is 0. The first-order valence-corrected chi connectivity index (χ1v) is 3.46. The summed E-state index contributed by atoms with van der Waals surface area (Å²) in [6, 6.07) is 2.88. The van der Waals surface area contributed by atoms with E-state index in [1.165, 1.54) is 0 Å². The van der Waals surface area contributed by atoms with Gasteiger partial charge in [-0.25, -0.2) is 0 Å². The monoisotopic (exact) mass is 160 g/mol. The minimum atomic E-state index is 0. The summed E-state index contributed by atoms with van der Waals surface area (Å²) in [5, 5.41) is 11.7. The number of hydrogen-bond acceptors (Lipinski definition) is 2. The van der Waals surface area contributed by atoms with Gasteiger partial charge in [-0.1, -0.05) is 0 Å². The van der Waals surface area contributed by atoms with Gasteiger partial charge in [-0.05, 0) is 19.8 Å². The van der Waals surface area contributed by atoms with E-state index in [0.717, 1.165) is 19.4 Å². The average molecular weight is 161 g/mol. The maximum Gasteiger partial charge on any atom is 0.0669 e. The van der Waals surface area contributed by atoms with Crippen molar-refractivity contribution in [2.75, 3.05) is 6.54 Å². The molecule has 0 radical (unpaired) electrons. The third-order valence-corrected chi connectivity index (χ3v) is 1.84. The lowest BCUT2D eigenvalue weighted by Gasteiger charge is -2.22. The normalized spacial score (nSPS) is 32.0. The fraction of sp³-hybridized carbons (Fsp3) is 0.857. The second-order valence-corrected chi connectivity index (χ2v) is 2.71. The molecule has 0 saturated carbocycles. The first kappa shape index (κ1) is 9.74. The standard InChI is InChI=1S/C7H12N2.ClH/c1-6-2-3-7(4-8)5-9-6;/h6-7,9H,2-3,5H2,1H3;1H. The highest BCUT2D eigenvalue weighted by molar-refractivity contribution is 5.85. The van der Waals surface area contributed by atoms with Crippen LogP contribution in [0.1, 0.15) is 19.8 Å². The Morgan fingerprint density at radius 2 is 2.20 bits per heavy atom. The molecule has 1 heterocycles. The number of nitriles is 1. The number of hydrogen-bond donors (Lipinski definition) is 1. The first-order chi connectivity index (χ1) is 4.33. The van der Waals surface area contributed by atoms with Crippen LogP contribution in [0.4, 0.5) is 0 Å². The Morgan fingerprint density at radius 1 is 1.50 bits per heavy atom. The molecule has 2 unspecified atom stereocenters. The van der Waals surface area contributed by atoms with Crippen molar-refractivity contribution in [3.8, 4) is 6.07 Å². The Labute approximate surface area is 68.0 Å². The highest BCUT2D eigenvalue weighted by Crippen LogP contribution is 2.11. The molecule has 10 heavy (non-hydrogen) atoms. The van der Waals surface area contributed by atoms with Crippen LogP contribution in [-0.4, -0.2) is 12.6 Å². The van der Waals surface area contributed by atoms with Gasteiger partial charge in [0.05, 0.1) is 12.0 Å². The van der Waals surface area contributed by atoms with Gasteiger partial charge in [0.2, 0.25) is 0 Å². The van der Waals surface area contributed by atoms with Crippen LogP contribution in [0.15, 0.2) is 0 Å². The lowest BCUT2D eigenvalue weighted by molar-refractivity contribution is 0.372. The van der Waals surface area contributed by atoms with E-state index >= 15 is 0 Å². The van der Waals surface area contributed by atoms with Crippen LogP contribution in [0, 0.1) is 17.2 Å². The lowest BCUT2D eigenvalue weighted by Crippen LogP contribution is -2.36. The van der Waals surface area contributed by atoms with Gasteiger partial charge in [-0.2, -0.15) is 5.26 Å². The number of halogens is 1. The number of rotatable bonds is 0. The summed E-state index contributed by atoms with van der Waals surface area (Å²) in [5.74, 6) is 0.265. The van der Waals surface area contributed by atoms with E-state index in [9.17, 15) is 0 Å². The molecule has 1 aliphatic heterocycles. The fourth-order valence-corrected chi connectivity index (χ4v) is 1.11. The molecule has 1 saturated heterocycles. The average Bonchev–Trinajstić information content (AvgIpc) is 1.90. The predicted octanol–water partition coefficient (Wildman–Crippen LogP) is 1.32. The molecular weight excluding hydrogens is 148 g/mol. The lowest BCUT2D eigenvalue weighted by atomic mass is 9.97. The minimum absolute atomic E-state index is 0. The molecule has 2 nitrogen and oxygen atoms in total. The van der Waals surface area contributed by atoms with Crippen LogP contribution >= 0.6 is 12.4 Å². The Morgan fingerprint density at radius 3 is 2.60 bits per heavy atom. The fourth-order valence-electron chi connectivity index (χ4n) is 1.11. The van der Waals surface area contributed by atoms with Gasteiger partial charge in [0.1, 0.15) is 0 Å². The van der Waals surface area contributed by atoms with E-state index in [-0.39, 0.29) is 18.3 Å². The van der Waals surface area contributed by atoms with Crippen molar-refractivity contribution in [3.05, 3.63) is 0 Å². The third kappa shape index (κ3) is 2.55. The highest BCUT2D eigenvalue weighted by atomic mass is 35.5. The first-order valence-electron chi connectivity index (χ1n) is 3.46. The molecule has 0 aromatic heterocycles. The summed E-state index contributed by atoms with van der Waals surface area (Å²) < 4.78 is 0. The van der Waals surface area contributed by atoms with Gasteiger partial charge in [0.15, 0.2) is 0 Å². The number of piperidine rings is 1. The maximum atomic E-state index is 8.49. The van der Waals surface area contributed by atoms with Crippen molar-refractivity contribution in [2.24, 2.45) is 5.92 Å². The van der Waals surface area contributed by atoms with Crippen LogP contribution < -0.4 is 5.32 Å². The Balaban J connectivity index is 0.000000810. The highest BCUT2D eigenvalue weighted by Gasteiger charge is 2.15. The molecule has 1 fully saturated rings. The molecule has 0 aromatic rings. The molecular formula is C7H13ClN2. The zero-order valence-corrected chi connectivity index (χ0v) is 6.95. The van der Waals surface area contributed by atoms with E-state index in [1.54, 1.807) is 0 Å². The topological polar surface area (TPSA) is 35.8 Å². The molecule has 2 atom stereocenters. The van der Waals surface area contributed by atoms with E-state index in [4.69, 9.17) is 5.26 Å². The molecule has 1 rings (SSSR count). The van der Waals surface area contributed by atoms with Gasteiger partial charge < -0.3 is 5.32 Å². The van der Waals surface area contributed by atoms with E-state index in [0.29, 0.717) is 6.04 Å². The Bertz CT molecular complexity index is 122. The third-order valence-electron chi connectivity index (χ3n) is 1.84. The van der Waals surface area contributed by atoms with Gasteiger partial charge in [-0.3, -0.25) is 0 Å². The van der Waals surface area contributed by atoms with Crippen LogP contribution in [0.25, 0.3) is 0 Å². The molecule has 0 spiro atoms. The van der Waals surface area contributed by atoms with Crippen molar-refractivity contribution in [3.63, 3.8) is 0 Å². The summed E-state index contributed by atoms with van der Waals surface area (Å²) in [6.45, 7) is 3.05. The molecule has 58 valence electrons. The predicted molar refractivity (Wildman–Crippen MR) is 43.0 cm³/mol. The van der Waals surface area contributed by atoms with Gasteiger partial charge in [0.25, 0.3) is 0 Å². The zero-order valence-electron chi connectivity index (χ0n) is 6.13. The second kappa shape index (κ2) is 4.54. The van der Waals surface area contributed by atoms with Crippen LogP contribution in [0.5, 0.6) is 0 Å². The maximum absolute atomic E-state index is 8.49. The van der Waals surface area contributed by atoms with Crippen LogP contribution in [0.3, 0.4) is 0 Å². The van der Waals surface area contributed by atoms with E-state index in [1.807, 2.05) is 0 Å². The SMILES string of the molecule is CC1CCC(C#N)CN1.Cl. The van der Waals surface area contributed by atoms with Crippen molar-refractivity contribution in [2.45, 2.75) is 25.8 Å². The molecule has 3 heteroatoms. The quantitative estimate of drug-likeness (QED) is 0.580. The Kier molecular flexibility index (Phi) is 4.42. The van der Waals surface area contributed by atoms with Crippen molar-refractivity contribution < 1.29 is 0 Å². The molecule has 0 amide bonds. The second-order valence-electron chi connectivity index (χ2n) is 2.71. The van der Waals surface area contributed by atoms with Crippen LogP contribution in [0.2, 0.25) is 0 Å². The summed E-state index contributed by atoms with van der Waals surface area (Å²) in [6.07, 6.45) is 2.23. The van der Waals surface area contributed by atoms with Crippen molar-refractivity contribution in [1.29, 1.82) is 5.26 Å². The van der Waals surface area contributed by atoms with Gasteiger partial charge in [-0.15, -0.1) is 12.4 Å². The zero-order chi connectivity index (χ0) is 6.69. The van der Waals surface area contributed by atoms with Crippen LogP contribution in [-0.2, 0) is 0 Å². The molecule has 0 aromatic carbocycles. The Hall–Kier alpha value is -0.260. The summed E-state index contributed by atoms with van der Waals surface area (Å²) in [4.78, 5) is 0.